The Labute approximate surface area is 87.7 Å². The van der Waals surface area contributed by atoms with Gasteiger partial charge in [-0.1, -0.05) is 0 Å². The van der Waals surface area contributed by atoms with E-state index in [0.717, 1.165) is 0 Å². The molecule has 2 aliphatic heterocycles. The Morgan fingerprint density at radius 2 is 2.27 bits per heavy atom. The summed E-state index contributed by atoms with van der Waals surface area (Å²) in [6.45, 7) is 2.36. The van der Waals surface area contributed by atoms with E-state index in [0.29, 0.717) is 31.0 Å². The van der Waals surface area contributed by atoms with Crippen LogP contribution in [-0.2, 0) is 9.53 Å². The molecule has 80 valence electrons. The molecule has 0 saturated carbocycles. The molecule has 0 aromatic rings. The molecule has 0 aromatic carbocycles. The van der Waals surface area contributed by atoms with Gasteiger partial charge in [-0.3, -0.25) is 4.79 Å². The standard InChI is InChI=1S/C10H13N3O2/c1-7(14)13-6-10(13,12)4-8-2-3-9(5-11)15-8/h4-6,11-12H2,1H3. The predicted molar refractivity (Wildman–Crippen MR) is 53.1 cm³/mol. The molecule has 0 radical (unpaired) electrons. The first-order valence-corrected chi connectivity index (χ1v) is 4.74. The highest BCUT2D eigenvalue weighted by Crippen LogP contribution is 2.33. The van der Waals surface area contributed by atoms with Crippen LogP contribution in [0.15, 0.2) is 23.0 Å². The van der Waals surface area contributed by atoms with Gasteiger partial charge in [-0.05, 0) is 11.5 Å². The molecule has 0 bridgehead atoms. The minimum absolute atomic E-state index is 0.0212. The molecule has 1 saturated heterocycles. The van der Waals surface area contributed by atoms with Gasteiger partial charge >= 0.3 is 0 Å². The van der Waals surface area contributed by atoms with Crippen molar-refractivity contribution in [3.63, 3.8) is 0 Å². The van der Waals surface area contributed by atoms with Crippen molar-refractivity contribution in [3.8, 4) is 0 Å². The second-order valence-electron chi connectivity index (χ2n) is 3.79. The normalized spacial score (nSPS) is 27.3. The summed E-state index contributed by atoms with van der Waals surface area (Å²) in [5.74, 6) is 1.14. The van der Waals surface area contributed by atoms with E-state index in [1.165, 1.54) is 6.92 Å². The first-order chi connectivity index (χ1) is 7.05. The second kappa shape index (κ2) is 3.26. The highest BCUT2D eigenvalue weighted by molar-refractivity contribution is 5.77. The molecule has 1 atom stereocenters. The first-order valence-electron chi connectivity index (χ1n) is 4.74. The van der Waals surface area contributed by atoms with Gasteiger partial charge < -0.3 is 21.1 Å². The fourth-order valence-corrected chi connectivity index (χ4v) is 1.60. The van der Waals surface area contributed by atoms with Crippen LogP contribution in [0, 0.1) is 0 Å². The quantitative estimate of drug-likeness (QED) is 0.478. The smallest absolute Gasteiger partial charge is 0.221 e. The van der Waals surface area contributed by atoms with Crippen LogP contribution >= 0.6 is 0 Å². The van der Waals surface area contributed by atoms with E-state index in [1.54, 1.807) is 4.90 Å². The summed E-state index contributed by atoms with van der Waals surface area (Å²) in [5.41, 5.74) is 16.3. The Kier molecular flexibility index (Phi) is 2.18. The van der Waals surface area contributed by atoms with Crippen molar-refractivity contribution in [1.82, 2.24) is 4.90 Å². The Hall–Kier alpha value is -1.51. The lowest BCUT2D eigenvalue weighted by molar-refractivity contribution is -0.124. The summed E-state index contributed by atoms with van der Waals surface area (Å²) >= 11 is 0. The Balaban J connectivity index is 2.00. The van der Waals surface area contributed by atoms with Gasteiger partial charge in [-0.25, -0.2) is 0 Å². The average Bonchev–Trinajstić information content (AvgIpc) is 2.66. The molecule has 5 nitrogen and oxygen atoms in total. The van der Waals surface area contributed by atoms with Gasteiger partial charge in [0.15, 0.2) is 11.5 Å². The zero-order chi connectivity index (χ0) is 11.1. The van der Waals surface area contributed by atoms with Crippen LogP contribution in [0.1, 0.15) is 13.3 Å². The maximum atomic E-state index is 11.1. The molecule has 5 heteroatoms. The van der Waals surface area contributed by atoms with Crippen molar-refractivity contribution >= 4 is 5.91 Å². The first kappa shape index (κ1) is 10.0. The van der Waals surface area contributed by atoms with Crippen LogP contribution in [0.4, 0.5) is 0 Å². The number of carbonyl (C=O) groups excluding carboxylic acids is 1. The lowest BCUT2D eigenvalue weighted by atomic mass is 10.2. The Morgan fingerprint density at radius 3 is 2.73 bits per heavy atom. The molecule has 2 aliphatic rings. The van der Waals surface area contributed by atoms with E-state index in [9.17, 15) is 4.79 Å². The van der Waals surface area contributed by atoms with Crippen LogP contribution in [0.5, 0.6) is 0 Å². The van der Waals surface area contributed by atoms with Crippen molar-refractivity contribution in [3.05, 3.63) is 23.0 Å². The van der Waals surface area contributed by atoms with Gasteiger partial charge in [0, 0.05) is 6.92 Å². The number of hydrogen-bond acceptors (Lipinski definition) is 4. The number of carbonyl (C=O) groups is 1. The molecular formula is C10H13N3O2. The highest BCUT2D eigenvalue weighted by Gasteiger charge is 2.51. The number of hydrogen-bond donors (Lipinski definition) is 2. The molecule has 0 aliphatic carbocycles. The summed E-state index contributed by atoms with van der Waals surface area (Å²) in [5, 5.41) is 0. The van der Waals surface area contributed by atoms with Gasteiger partial charge in [-0.2, -0.15) is 0 Å². The van der Waals surface area contributed by atoms with Crippen LogP contribution in [0.3, 0.4) is 0 Å². The zero-order valence-corrected chi connectivity index (χ0v) is 8.54. The third kappa shape index (κ3) is 1.82. The van der Waals surface area contributed by atoms with Crippen molar-refractivity contribution in [2.24, 2.45) is 11.5 Å². The van der Waals surface area contributed by atoms with E-state index in [2.05, 4.69) is 11.5 Å². The van der Waals surface area contributed by atoms with Gasteiger partial charge in [0.05, 0.1) is 19.5 Å². The summed E-state index contributed by atoms with van der Waals surface area (Å²) in [7, 11) is 0. The molecule has 2 rings (SSSR count). The molecular weight excluding hydrogens is 194 g/mol. The Morgan fingerprint density at radius 1 is 1.60 bits per heavy atom. The van der Waals surface area contributed by atoms with Crippen LogP contribution in [0.25, 0.3) is 0 Å². The third-order valence-electron chi connectivity index (χ3n) is 2.49. The van der Waals surface area contributed by atoms with Gasteiger partial charge in [0.1, 0.15) is 5.66 Å². The molecule has 1 unspecified atom stereocenters. The SMILES string of the molecule is CC(=O)N1CC1(N)CC1=C=C=C(CN)O1. The van der Waals surface area contributed by atoms with E-state index < -0.39 is 5.66 Å². The van der Waals surface area contributed by atoms with Gasteiger partial charge in [-0.15, -0.1) is 0 Å². The maximum Gasteiger partial charge on any atom is 0.221 e. The topological polar surface area (TPSA) is 81.3 Å². The highest BCUT2D eigenvalue weighted by atomic mass is 16.5. The minimum atomic E-state index is -0.597. The summed E-state index contributed by atoms with van der Waals surface area (Å²) in [4.78, 5) is 12.6. The fraction of sp³-hybridized carbons (Fsp3) is 0.500. The minimum Gasteiger partial charge on any atom is -0.447 e. The maximum absolute atomic E-state index is 11.1. The molecule has 4 N–H and O–H groups in total. The number of amides is 1. The number of nitrogens with two attached hydrogens (primary N) is 2. The number of rotatable bonds is 3. The van der Waals surface area contributed by atoms with Crippen LogP contribution < -0.4 is 11.5 Å². The van der Waals surface area contributed by atoms with Crippen molar-refractivity contribution < 1.29 is 9.53 Å². The molecule has 2 heterocycles. The number of nitrogens with zero attached hydrogens (tertiary/aromatic N) is 1. The molecule has 15 heavy (non-hydrogen) atoms. The molecule has 1 fully saturated rings. The lowest BCUT2D eigenvalue weighted by Gasteiger charge is -2.11. The third-order valence-corrected chi connectivity index (χ3v) is 2.49. The van der Waals surface area contributed by atoms with Crippen molar-refractivity contribution in [1.29, 1.82) is 0 Å². The van der Waals surface area contributed by atoms with Crippen molar-refractivity contribution in [2.45, 2.75) is 19.0 Å². The summed E-state index contributed by atoms with van der Waals surface area (Å²) < 4.78 is 5.32. The molecule has 0 spiro atoms. The summed E-state index contributed by atoms with van der Waals surface area (Å²) in [6.07, 6.45) is 0.461. The van der Waals surface area contributed by atoms with Crippen LogP contribution in [0.2, 0.25) is 0 Å². The summed E-state index contributed by atoms with van der Waals surface area (Å²) in [6, 6.07) is 0. The van der Waals surface area contributed by atoms with E-state index in [4.69, 9.17) is 16.2 Å². The predicted octanol–water partition coefficient (Wildman–Crippen LogP) is -0.596. The lowest BCUT2D eigenvalue weighted by Crippen LogP contribution is -2.32. The second-order valence-corrected chi connectivity index (χ2v) is 3.79. The van der Waals surface area contributed by atoms with Crippen molar-refractivity contribution in [2.75, 3.05) is 13.1 Å². The Bertz CT molecular complexity index is 416. The van der Waals surface area contributed by atoms with Crippen LogP contribution in [-0.4, -0.2) is 29.6 Å². The fourth-order valence-electron chi connectivity index (χ4n) is 1.60. The average molecular weight is 207 g/mol. The van der Waals surface area contributed by atoms with E-state index >= 15 is 0 Å². The van der Waals surface area contributed by atoms with Gasteiger partial charge in [0.25, 0.3) is 0 Å². The largest absolute Gasteiger partial charge is 0.447 e. The zero-order valence-electron chi connectivity index (χ0n) is 8.54. The monoisotopic (exact) mass is 207 g/mol. The van der Waals surface area contributed by atoms with E-state index in [-0.39, 0.29) is 5.91 Å². The molecule has 1 amide bonds. The van der Waals surface area contributed by atoms with E-state index in [1.807, 2.05) is 0 Å². The van der Waals surface area contributed by atoms with Gasteiger partial charge in [0.2, 0.25) is 5.91 Å². The molecule has 0 aromatic heterocycles. The number of ether oxygens (including phenoxy) is 1.